The maximum atomic E-state index is 12.3. The molecule has 23 heavy (non-hydrogen) atoms. The van der Waals surface area contributed by atoms with Gasteiger partial charge in [0.15, 0.2) is 5.60 Å². The van der Waals surface area contributed by atoms with Gasteiger partial charge in [-0.05, 0) is 12.2 Å². The summed E-state index contributed by atoms with van der Waals surface area (Å²) in [5.41, 5.74) is -1.20. The van der Waals surface area contributed by atoms with Crippen LogP contribution in [0.4, 0.5) is 0 Å². The molecule has 0 aromatic heterocycles. The van der Waals surface area contributed by atoms with Gasteiger partial charge in [-0.25, -0.2) is 4.79 Å². The van der Waals surface area contributed by atoms with Crippen LogP contribution >= 0.6 is 0 Å². The molecule has 1 aromatic carbocycles. The van der Waals surface area contributed by atoms with Gasteiger partial charge < -0.3 is 14.9 Å². The van der Waals surface area contributed by atoms with E-state index in [4.69, 9.17) is 9.84 Å². The Balaban J connectivity index is 1.93. The van der Waals surface area contributed by atoms with E-state index in [1.165, 1.54) is 12.2 Å². The summed E-state index contributed by atoms with van der Waals surface area (Å²) in [6, 6.07) is 8.54. The van der Waals surface area contributed by atoms with Gasteiger partial charge in [0.1, 0.15) is 0 Å². The Kier molecular flexibility index (Phi) is 5.26. The standard InChI is InChI=1S/C18H18O5/c1-13(17(20)21)9-12-23-15-7-10-18(22,11-8-15)16(19)14-5-3-2-4-6-14/h2-8,10-11,15,22H,1,9,12H2,(H,20,21). The first-order valence-corrected chi connectivity index (χ1v) is 7.16. The largest absolute Gasteiger partial charge is 0.478 e. The molecule has 0 amide bonds. The summed E-state index contributed by atoms with van der Waals surface area (Å²) in [6.07, 6.45) is 5.72. The number of carboxylic acid groups (broad SMARTS) is 1. The van der Waals surface area contributed by atoms with Crippen molar-refractivity contribution in [2.45, 2.75) is 18.1 Å². The molecule has 1 aromatic rings. The van der Waals surface area contributed by atoms with E-state index in [2.05, 4.69) is 6.58 Å². The molecule has 0 bridgehead atoms. The number of aliphatic hydroxyl groups is 1. The summed E-state index contributed by atoms with van der Waals surface area (Å²) < 4.78 is 5.46. The Morgan fingerprint density at radius 1 is 1.17 bits per heavy atom. The lowest BCUT2D eigenvalue weighted by Crippen LogP contribution is -2.36. The summed E-state index contributed by atoms with van der Waals surface area (Å²) in [4.78, 5) is 23.0. The summed E-state index contributed by atoms with van der Waals surface area (Å²) in [6.45, 7) is 3.61. The number of hydrogen-bond donors (Lipinski definition) is 2. The van der Waals surface area contributed by atoms with Gasteiger partial charge in [-0.1, -0.05) is 49.1 Å². The van der Waals surface area contributed by atoms with Gasteiger partial charge in [0.2, 0.25) is 5.78 Å². The normalized spacial score (nSPS) is 22.7. The fraction of sp³-hybridized carbons (Fsp3) is 0.222. The molecule has 0 radical (unpaired) electrons. The fourth-order valence-electron chi connectivity index (χ4n) is 2.11. The van der Waals surface area contributed by atoms with Gasteiger partial charge in [0.25, 0.3) is 0 Å². The molecule has 0 saturated carbocycles. The average molecular weight is 314 g/mol. The maximum absolute atomic E-state index is 12.3. The number of aliphatic carboxylic acids is 1. The Morgan fingerprint density at radius 3 is 2.35 bits per heavy atom. The summed E-state index contributed by atoms with van der Waals surface area (Å²) in [5.74, 6) is -1.46. The monoisotopic (exact) mass is 314 g/mol. The number of carbonyl (C=O) groups is 2. The highest BCUT2D eigenvalue weighted by atomic mass is 16.5. The van der Waals surface area contributed by atoms with E-state index in [-0.39, 0.29) is 18.6 Å². The van der Waals surface area contributed by atoms with E-state index >= 15 is 0 Å². The second kappa shape index (κ2) is 7.17. The average Bonchev–Trinajstić information content (AvgIpc) is 2.56. The first-order chi connectivity index (χ1) is 10.9. The number of carbonyl (C=O) groups excluding carboxylic acids is 1. The number of benzene rings is 1. The van der Waals surface area contributed by atoms with Gasteiger partial charge in [0.05, 0.1) is 12.7 Å². The van der Waals surface area contributed by atoms with E-state index in [9.17, 15) is 14.7 Å². The van der Waals surface area contributed by atoms with Crippen molar-refractivity contribution in [3.05, 3.63) is 72.4 Å². The third-order valence-corrected chi connectivity index (χ3v) is 3.50. The van der Waals surface area contributed by atoms with Crippen LogP contribution in [-0.2, 0) is 9.53 Å². The van der Waals surface area contributed by atoms with E-state index in [0.717, 1.165) is 0 Å². The minimum absolute atomic E-state index is 0.0736. The minimum Gasteiger partial charge on any atom is -0.478 e. The van der Waals surface area contributed by atoms with E-state index < -0.39 is 23.5 Å². The third-order valence-electron chi connectivity index (χ3n) is 3.50. The van der Waals surface area contributed by atoms with Crippen molar-refractivity contribution in [1.29, 1.82) is 0 Å². The lowest BCUT2D eigenvalue weighted by molar-refractivity contribution is -0.132. The molecule has 0 aliphatic heterocycles. The van der Waals surface area contributed by atoms with Crippen molar-refractivity contribution < 1.29 is 24.5 Å². The predicted octanol–water partition coefficient (Wildman–Crippen LogP) is 2.14. The number of rotatable bonds is 7. The van der Waals surface area contributed by atoms with Crippen molar-refractivity contribution in [1.82, 2.24) is 0 Å². The highest BCUT2D eigenvalue weighted by Gasteiger charge is 2.33. The topological polar surface area (TPSA) is 83.8 Å². The van der Waals surface area contributed by atoms with Gasteiger partial charge in [0, 0.05) is 17.6 Å². The van der Waals surface area contributed by atoms with Crippen molar-refractivity contribution in [2.75, 3.05) is 6.61 Å². The zero-order chi connectivity index (χ0) is 16.9. The van der Waals surface area contributed by atoms with Crippen LogP contribution < -0.4 is 0 Å². The van der Waals surface area contributed by atoms with Crippen LogP contribution in [0.15, 0.2) is 66.8 Å². The number of carboxylic acids is 1. The molecular weight excluding hydrogens is 296 g/mol. The molecule has 5 heteroatoms. The van der Waals surface area contributed by atoms with Crippen LogP contribution in [0, 0.1) is 0 Å². The molecular formula is C18H18O5. The first-order valence-electron chi connectivity index (χ1n) is 7.16. The Labute approximate surface area is 134 Å². The fourth-order valence-corrected chi connectivity index (χ4v) is 2.11. The first kappa shape index (κ1) is 16.9. The molecule has 2 rings (SSSR count). The Hall–Kier alpha value is -2.50. The zero-order valence-electron chi connectivity index (χ0n) is 12.5. The highest BCUT2D eigenvalue weighted by molar-refractivity contribution is 6.05. The van der Waals surface area contributed by atoms with Crippen molar-refractivity contribution >= 4 is 11.8 Å². The molecule has 0 fully saturated rings. The molecule has 0 heterocycles. The van der Waals surface area contributed by atoms with Crippen molar-refractivity contribution in [3.8, 4) is 0 Å². The molecule has 5 nitrogen and oxygen atoms in total. The Bertz CT molecular complexity index is 643. The number of ether oxygens (including phenoxy) is 1. The van der Waals surface area contributed by atoms with Crippen LogP contribution in [0.2, 0.25) is 0 Å². The van der Waals surface area contributed by atoms with Crippen LogP contribution in [0.3, 0.4) is 0 Å². The molecule has 0 saturated heterocycles. The lowest BCUT2D eigenvalue weighted by Gasteiger charge is -2.24. The van der Waals surface area contributed by atoms with Crippen LogP contribution in [0.5, 0.6) is 0 Å². The second-order valence-corrected chi connectivity index (χ2v) is 5.23. The summed E-state index contributed by atoms with van der Waals surface area (Å²) in [7, 11) is 0. The summed E-state index contributed by atoms with van der Waals surface area (Å²) >= 11 is 0. The van der Waals surface area contributed by atoms with Crippen LogP contribution in [0.25, 0.3) is 0 Å². The molecule has 1 aliphatic carbocycles. The van der Waals surface area contributed by atoms with Gasteiger partial charge in [-0.2, -0.15) is 0 Å². The van der Waals surface area contributed by atoms with Gasteiger partial charge >= 0.3 is 5.97 Å². The molecule has 0 spiro atoms. The van der Waals surface area contributed by atoms with E-state index in [0.29, 0.717) is 5.56 Å². The SMILES string of the molecule is C=C(CCOC1C=CC(O)(C(=O)c2ccccc2)C=C1)C(=O)O. The van der Waals surface area contributed by atoms with Gasteiger partial charge in [-0.15, -0.1) is 0 Å². The second-order valence-electron chi connectivity index (χ2n) is 5.23. The summed E-state index contributed by atoms with van der Waals surface area (Å²) in [5, 5.41) is 19.1. The van der Waals surface area contributed by atoms with Crippen molar-refractivity contribution in [3.63, 3.8) is 0 Å². The van der Waals surface area contributed by atoms with Gasteiger partial charge in [-0.3, -0.25) is 4.79 Å². The number of hydrogen-bond acceptors (Lipinski definition) is 4. The van der Waals surface area contributed by atoms with Crippen LogP contribution in [-0.4, -0.2) is 40.3 Å². The molecule has 0 atom stereocenters. The quantitative estimate of drug-likeness (QED) is 0.458. The predicted molar refractivity (Wildman–Crippen MR) is 85.1 cm³/mol. The minimum atomic E-state index is -1.69. The van der Waals surface area contributed by atoms with Crippen LogP contribution in [0.1, 0.15) is 16.8 Å². The molecule has 2 N–H and O–H groups in total. The Morgan fingerprint density at radius 2 is 1.78 bits per heavy atom. The molecule has 0 unspecified atom stereocenters. The zero-order valence-corrected chi connectivity index (χ0v) is 12.5. The smallest absolute Gasteiger partial charge is 0.331 e. The number of ketones is 1. The molecule has 120 valence electrons. The van der Waals surface area contributed by atoms with E-state index in [1.807, 2.05) is 0 Å². The van der Waals surface area contributed by atoms with E-state index in [1.54, 1.807) is 42.5 Å². The lowest BCUT2D eigenvalue weighted by atomic mass is 9.88. The number of Topliss-reactive ketones (excluding diaryl/α,β-unsaturated/α-hetero) is 1. The molecule has 1 aliphatic rings. The highest BCUT2D eigenvalue weighted by Crippen LogP contribution is 2.22. The van der Waals surface area contributed by atoms with Crippen molar-refractivity contribution in [2.24, 2.45) is 0 Å². The maximum Gasteiger partial charge on any atom is 0.331 e. The third kappa shape index (κ3) is 4.25.